The fourth-order valence-electron chi connectivity index (χ4n) is 1.52. The first kappa shape index (κ1) is 14.0. The van der Waals surface area contributed by atoms with Crippen molar-refractivity contribution in [2.24, 2.45) is 5.73 Å². The lowest BCUT2D eigenvalue weighted by Gasteiger charge is -2.03. The fourth-order valence-corrected chi connectivity index (χ4v) is 2.63. The van der Waals surface area contributed by atoms with Crippen molar-refractivity contribution in [1.82, 2.24) is 4.98 Å². The number of rotatable bonds is 3. The van der Waals surface area contributed by atoms with Crippen LogP contribution in [0.25, 0.3) is 0 Å². The standard InChI is InChI=1S/C15H13ClN2S/c16-14-7-3-9-18-15(14)19-11-13-5-1-4-12(10-13)6-2-8-17/h1,3-5,7,9-10H,8,11,17H2. The zero-order valence-corrected chi connectivity index (χ0v) is 11.8. The van der Waals surface area contributed by atoms with Crippen LogP contribution in [0.15, 0.2) is 47.6 Å². The third-order valence-corrected chi connectivity index (χ3v) is 3.86. The molecule has 0 saturated carbocycles. The zero-order chi connectivity index (χ0) is 13.5. The van der Waals surface area contributed by atoms with Gasteiger partial charge in [0.15, 0.2) is 0 Å². The van der Waals surface area contributed by atoms with Crippen LogP contribution in [0.1, 0.15) is 11.1 Å². The van der Waals surface area contributed by atoms with Gasteiger partial charge in [0.1, 0.15) is 5.03 Å². The Labute approximate surface area is 122 Å². The first-order valence-corrected chi connectivity index (χ1v) is 7.17. The summed E-state index contributed by atoms with van der Waals surface area (Å²) in [7, 11) is 0. The Hall–Kier alpha value is -1.47. The molecule has 0 unspecified atom stereocenters. The third-order valence-electron chi connectivity index (χ3n) is 2.36. The maximum absolute atomic E-state index is 6.07. The second kappa shape index (κ2) is 7.20. The van der Waals surface area contributed by atoms with E-state index in [4.69, 9.17) is 17.3 Å². The largest absolute Gasteiger partial charge is 0.320 e. The molecule has 2 aromatic rings. The number of pyridine rings is 1. The van der Waals surface area contributed by atoms with Gasteiger partial charge in [0.25, 0.3) is 0 Å². The zero-order valence-electron chi connectivity index (χ0n) is 10.3. The van der Waals surface area contributed by atoms with E-state index in [1.54, 1.807) is 18.0 Å². The van der Waals surface area contributed by atoms with E-state index < -0.39 is 0 Å². The Morgan fingerprint density at radius 3 is 2.95 bits per heavy atom. The van der Waals surface area contributed by atoms with Gasteiger partial charge in [-0.2, -0.15) is 0 Å². The second-order valence-electron chi connectivity index (χ2n) is 3.79. The number of thioether (sulfide) groups is 1. The molecule has 1 heterocycles. The summed E-state index contributed by atoms with van der Waals surface area (Å²) >= 11 is 7.69. The van der Waals surface area contributed by atoms with Crippen LogP contribution < -0.4 is 5.73 Å². The molecule has 2 nitrogen and oxygen atoms in total. The topological polar surface area (TPSA) is 38.9 Å². The smallest absolute Gasteiger partial charge is 0.115 e. The van der Waals surface area contributed by atoms with Crippen LogP contribution in [0.2, 0.25) is 5.02 Å². The van der Waals surface area contributed by atoms with E-state index in [1.807, 2.05) is 24.3 Å². The fraction of sp³-hybridized carbons (Fsp3) is 0.133. The van der Waals surface area contributed by atoms with Gasteiger partial charge in [-0.05, 0) is 29.8 Å². The van der Waals surface area contributed by atoms with Gasteiger partial charge in [-0.3, -0.25) is 0 Å². The molecule has 1 aromatic carbocycles. The van der Waals surface area contributed by atoms with Crippen molar-refractivity contribution in [3.63, 3.8) is 0 Å². The van der Waals surface area contributed by atoms with Crippen LogP contribution in [0, 0.1) is 11.8 Å². The molecular weight excluding hydrogens is 276 g/mol. The van der Waals surface area contributed by atoms with Crippen molar-refractivity contribution >= 4 is 23.4 Å². The summed E-state index contributed by atoms with van der Waals surface area (Å²) in [5.41, 5.74) is 7.54. The maximum Gasteiger partial charge on any atom is 0.115 e. The minimum atomic E-state index is 0.378. The number of nitrogens with zero attached hydrogens (tertiary/aromatic N) is 1. The maximum atomic E-state index is 6.07. The lowest BCUT2D eigenvalue weighted by molar-refractivity contribution is 1.13. The van der Waals surface area contributed by atoms with Crippen LogP contribution in [-0.4, -0.2) is 11.5 Å². The van der Waals surface area contributed by atoms with E-state index in [-0.39, 0.29) is 0 Å². The van der Waals surface area contributed by atoms with Gasteiger partial charge >= 0.3 is 0 Å². The molecule has 2 rings (SSSR count). The summed E-state index contributed by atoms with van der Waals surface area (Å²) in [6, 6.07) is 11.8. The van der Waals surface area contributed by atoms with E-state index in [9.17, 15) is 0 Å². The van der Waals surface area contributed by atoms with Gasteiger partial charge in [-0.1, -0.05) is 35.6 Å². The van der Waals surface area contributed by atoms with Gasteiger partial charge in [0.2, 0.25) is 0 Å². The van der Waals surface area contributed by atoms with Crippen molar-refractivity contribution in [3.05, 3.63) is 58.7 Å². The van der Waals surface area contributed by atoms with Crippen LogP contribution in [0.3, 0.4) is 0 Å². The molecule has 96 valence electrons. The molecule has 2 N–H and O–H groups in total. The predicted molar refractivity (Wildman–Crippen MR) is 81.2 cm³/mol. The Kier molecular flexibility index (Phi) is 5.29. The van der Waals surface area contributed by atoms with Gasteiger partial charge in [0, 0.05) is 17.5 Å². The van der Waals surface area contributed by atoms with Crippen molar-refractivity contribution < 1.29 is 0 Å². The summed E-state index contributed by atoms with van der Waals surface area (Å²) in [4.78, 5) is 4.25. The first-order chi connectivity index (χ1) is 9.29. The highest BCUT2D eigenvalue weighted by Crippen LogP contribution is 2.27. The average molecular weight is 289 g/mol. The highest BCUT2D eigenvalue weighted by molar-refractivity contribution is 7.98. The van der Waals surface area contributed by atoms with E-state index in [0.717, 1.165) is 16.3 Å². The Balaban J connectivity index is 2.06. The lowest BCUT2D eigenvalue weighted by Crippen LogP contribution is -1.93. The van der Waals surface area contributed by atoms with Crippen molar-refractivity contribution in [3.8, 4) is 11.8 Å². The van der Waals surface area contributed by atoms with E-state index in [1.165, 1.54) is 5.56 Å². The summed E-state index contributed by atoms with van der Waals surface area (Å²) in [6.45, 7) is 0.378. The van der Waals surface area contributed by atoms with E-state index >= 15 is 0 Å². The molecule has 1 aromatic heterocycles. The third kappa shape index (κ3) is 4.29. The SMILES string of the molecule is NCC#Cc1cccc(CSc2ncccc2Cl)c1. The number of benzene rings is 1. The molecule has 19 heavy (non-hydrogen) atoms. The lowest BCUT2D eigenvalue weighted by atomic mass is 10.1. The molecule has 0 saturated heterocycles. The Morgan fingerprint density at radius 2 is 2.16 bits per heavy atom. The second-order valence-corrected chi connectivity index (χ2v) is 5.16. The van der Waals surface area contributed by atoms with Gasteiger partial charge < -0.3 is 5.73 Å². The van der Waals surface area contributed by atoms with Gasteiger partial charge in [0.05, 0.1) is 11.6 Å². The van der Waals surface area contributed by atoms with E-state index in [0.29, 0.717) is 11.6 Å². The Morgan fingerprint density at radius 1 is 1.26 bits per heavy atom. The minimum absolute atomic E-state index is 0.378. The van der Waals surface area contributed by atoms with Crippen LogP contribution in [0.5, 0.6) is 0 Å². The molecule has 0 fully saturated rings. The van der Waals surface area contributed by atoms with Crippen molar-refractivity contribution in [2.45, 2.75) is 10.8 Å². The predicted octanol–water partition coefficient (Wildman–Crippen LogP) is 3.34. The molecule has 0 atom stereocenters. The number of halogens is 1. The summed E-state index contributed by atoms with van der Waals surface area (Å²) in [5.74, 6) is 6.69. The van der Waals surface area contributed by atoms with Crippen molar-refractivity contribution in [2.75, 3.05) is 6.54 Å². The summed E-state index contributed by atoms with van der Waals surface area (Å²) in [5, 5.41) is 1.54. The monoisotopic (exact) mass is 288 g/mol. The molecule has 0 aliphatic heterocycles. The van der Waals surface area contributed by atoms with Crippen LogP contribution >= 0.6 is 23.4 Å². The highest BCUT2D eigenvalue weighted by Gasteiger charge is 2.02. The molecule has 0 radical (unpaired) electrons. The summed E-state index contributed by atoms with van der Waals surface area (Å²) < 4.78 is 0. The molecular formula is C15H13ClN2S. The van der Waals surface area contributed by atoms with Crippen LogP contribution in [-0.2, 0) is 5.75 Å². The minimum Gasteiger partial charge on any atom is -0.320 e. The van der Waals surface area contributed by atoms with Gasteiger partial charge in [-0.15, -0.1) is 11.8 Å². The molecule has 0 aliphatic carbocycles. The van der Waals surface area contributed by atoms with Crippen LogP contribution in [0.4, 0.5) is 0 Å². The highest BCUT2D eigenvalue weighted by atomic mass is 35.5. The number of aromatic nitrogens is 1. The molecule has 0 aliphatic rings. The first-order valence-electron chi connectivity index (χ1n) is 5.81. The average Bonchev–Trinajstić information content (AvgIpc) is 2.45. The van der Waals surface area contributed by atoms with E-state index in [2.05, 4.69) is 29.0 Å². The quantitative estimate of drug-likeness (QED) is 0.695. The van der Waals surface area contributed by atoms with Gasteiger partial charge in [-0.25, -0.2) is 4.98 Å². The van der Waals surface area contributed by atoms with Crippen molar-refractivity contribution in [1.29, 1.82) is 0 Å². The molecule has 0 amide bonds. The number of nitrogens with two attached hydrogens (primary N) is 1. The molecule has 4 heteroatoms. The number of hydrogen-bond donors (Lipinski definition) is 1. The summed E-state index contributed by atoms with van der Waals surface area (Å²) in [6.07, 6.45) is 1.75. The molecule has 0 bridgehead atoms. The Bertz CT molecular complexity index is 617. The molecule has 0 spiro atoms. The number of hydrogen-bond acceptors (Lipinski definition) is 3. The normalized spacial score (nSPS) is 9.79.